The summed E-state index contributed by atoms with van der Waals surface area (Å²) in [5.41, 5.74) is 7.08. The summed E-state index contributed by atoms with van der Waals surface area (Å²) in [6.07, 6.45) is 5.64. The fraction of sp³-hybridized carbons (Fsp3) is 0.250. The summed E-state index contributed by atoms with van der Waals surface area (Å²) in [7, 11) is 0. The van der Waals surface area contributed by atoms with E-state index in [1.165, 1.54) is 5.56 Å². The summed E-state index contributed by atoms with van der Waals surface area (Å²) < 4.78 is 8.31. The number of benzene rings is 3. The van der Waals surface area contributed by atoms with Gasteiger partial charge in [0.2, 0.25) is 11.8 Å². The Balaban J connectivity index is 0.00000353. The van der Waals surface area contributed by atoms with E-state index in [4.69, 9.17) is 14.7 Å². The second-order valence-corrected chi connectivity index (χ2v) is 12.7. The Bertz CT molecular complexity index is 1890. The number of hydrogen-bond acceptors (Lipinski definition) is 4. The molecule has 0 fully saturated rings. The number of aromatic nitrogens is 4. The number of para-hydroxylation sites is 1. The van der Waals surface area contributed by atoms with Crippen molar-refractivity contribution < 1.29 is 25.8 Å². The van der Waals surface area contributed by atoms with Crippen LogP contribution in [0.5, 0.6) is 11.6 Å². The predicted molar refractivity (Wildman–Crippen MR) is 166 cm³/mol. The molecule has 5 nitrogen and oxygen atoms in total. The molecule has 0 bridgehead atoms. The summed E-state index contributed by atoms with van der Waals surface area (Å²) in [5, 5.41) is 2.23. The van der Waals surface area contributed by atoms with Gasteiger partial charge in [0, 0.05) is 35.9 Å². The van der Waals surface area contributed by atoms with Crippen LogP contribution in [-0.4, -0.2) is 19.5 Å². The Morgan fingerprint density at radius 1 is 0.714 bits per heavy atom. The van der Waals surface area contributed by atoms with E-state index in [-0.39, 0.29) is 31.9 Å². The van der Waals surface area contributed by atoms with Gasteiger partial charge in [-0.15, -0.1) is 17.7 Å². The van der Waals surface area contributed by atoms with Gasteiger partial charge in [-0.2, -0.15) is 18.2 Å². The second-order valence-electron chi connectivity index (χ2n) is 12.7. The van der Waals surface area contributed by atoms with Gasteiger partial charge in [-0.05, 0) is 45.0 Å². The van der Waals surface area contributed by atoms with E-state index in [0.29, 0.717) is 17.6 Å². The van der Waals surface area contributed by atoms with Crippen LogP contribution < -0.4 is 4.74 Å². The summed E-state index contributed by atoms with van der Waals surface area (Å²) in [6.45, 7) is 15.1. The molecule has 42 heavy (non-hydrogen) atoms. The van der Waals surface area contributed by atoms with Gasteiger partial charge in [-0.1, -0.05) is 78.1 Å². The molecule has 6 aromatic rings. The average Bonchev–Trinajstić information content (AvgIpc) is 3.26. The van der Waals surface area contributed by atoms with E-state index >= 15 is 0 Å². The van der Waals surface area contributed by atoms with Crippen LogP contribution in [0.4, 0.5) is 0 Å². The summed E-state index contributed by atoms with van der Waals surface area (Å²) >= 11 is 0. The molecular weight excluding hydrogens is 700 g/mol. The van der Waals surface area contributed by atoms with E-state index in [9.17, 15) is 0 Å². The second kappa shape index (κ2) is 11.1. The van der Waals surface area contributed by atoms with Crippen LogP contribution in [0.25, 0.3) is 38.9 Å². The van der Waals surface area contributed by atoms with Crippen molar-refractivity contribution >= 4 is 21.8 Å². The van der Waals surface area contributed by atoms with Gasteiger partial charge in [0.1, 0.15) is 0 Å². The fourth-order valence-corrected chi connectivity index (χ4v) is 5.01. The molecule has 0 saturated heterocycles. The molecule has 0 N–H and O–H groups in total. The number of fused-ring (bicyclic) bond motifs is 3. The first-order valence-electron chi connectivity index (χ1n) is 13.9. The molecule has 0 amide bonds. The number of hydrogen-bond donors (Lipinski definition) is 0. The first-order chi connectivity index (χ1) is 19.5. The van der Waals surface area contributed by atoms with Gasteiger partial charge in [-0.3, -0.25) is 4.57 Å². The molecule has 0 saturated carbocycles. The number of ether oxygens (including phenoxy) is 1. The Labute approximate surface area is 262 Å². The van der Waals surface area contributed by atoms with Crippen molar-refractivity contribution in [1.29, 1.82) is 0 Å². The third kappa shape index (κ3) is 5.76. The Hall–Kier alpha value is -3.82. The van der Waals surface area contributed by atoms with Crippen molar-refractivity contribution in [2.24, 2.45) is 0 Å². The van der Waals surface area contributed by atoms with Crippen molar-refractivity contribution in [2.45, 2.75) is 59.3 Å². The molecular formula is C36H34N4OPt. The molecule has 6 heteroatoms. The van der Waals surface area contributed by atoms with E-state index in [1.54, 1.807) is 6.20 Å². The van der Waals surface area contributed by atoms with Gasteiger partial charge in [0.05, 0.1) is 0 Å². The van der Waals surface area contributed by atoms with Crippen LogP contribution in [0.2, 0.25) is 0 Å². The van der Waals surface area contributed by atoms with E-state index in [1.807, 2.05) is 36.7 Å². The van der Waals surface area contributed by atoms with Crippen molar-refractivity contribution in [3.8, 4) is 28.7 Å². The molecule has 0 spiro atoms. The third-order valence-corrected chi connectivity index (χ3v) is 7.38. The zero-order chi connectivity index (χ0) is 28.9. The molecule has 0 aliphatic carbocycles. The molecule has 0 aliphatic rings. The first-order valence-corrected chi connectivity index (χ1v) is 13.9. The van der Waals surface area contributed by atoms with E-state index < -0.39 is 0 Å². The third-order valence-electron chi connectivity index (χ3n) is 7.38. The van der Waals surface area contributed by atoms with Crippen LogP contribution in [0.15, 0.2) is 79.3 Å². The number of nitrogens with zero attached hydrogens (tertiary/aromatic N) is 4. The quantitative estimate of drug-likeness (QED) is 0.170. The number of pyridine rings is 1. The number of aryl methyl sites for hydroxylation is 1. The van der Waals surface area contributed by atoms with Crippen LogP contribution in [-0.2, 0) is 31.9 Å². The summed E-state index contributed by atoms with van der Waals surface area (Å²) in [4.78, 5) is 14.0. The average molecular weight is 734 g/mol. The molecule has 0 unspecified atom stereocenters. The van der Waals surface area contributed by atoms with Crippen LogP contribution in [0, 0.1) is 19.1 Å². The smallest absolute Gasteiger partial charge is 0.460 e. The topological polar surface area (TPSA) is 52.8 Å². The molecule has 0 radical (unpaired) electrons. The molecule has 214 valence electrons. The van der Waals surface area contributed by atoms with E-state index in [0.717, 1.165) is 44.1 Å². The van der Waals surface area contributed by atoms with Crippen LogP contribution in [0.1, 0.15) is 58.2 Å². The maximum atomic E-state index is 6.22. The predicted octanol–water partition coefficient (Wildman–Crippen LogP) is 8.93. The maximum Gasteiger partial charge on any atom is 2.00 e. The minimum atomic E-state index is -0.0248. The fourth-order valence-electron chi connectivity index (χ4n) is 5.01. The summed E-state index contributed by atoms with van der Waals surface area (Å²) in [6, 6.07) is 27.8. The van der Waals surface area contributed by atoms with Crippen molar-refractivity contribution in [2.75, 3.05) is 0 Å². The first kappa shape index (κ1) is 29.7. The zero-order valence-corrected chi connectivity index (χ0v) is 27.3. The van der Waals surface area contributed by atoms with Crippen LogP contribution >= 0.6 is 0 Å². The van der Waals surface area contributed by atoms with Gasteiger partial charge < -0.3 is 4.74 Å². The maximum absolute atomic E-state index is 6.22. The zero-order valence-electron chi connectivity index (χ0n) is 25.0. The molecule has 3 heterocycles. The van der Waals surface area contributed by atoms with Gasteiger partial charge in [-0.25, -0.2) is 26.1 Å². The SMILES string of the molecule is Cc1cc(Oc2cc(C(C)(C)C)ccn2)[c-]c(-c2[c-]c3c(cc2)c2ccccc2n3-c2ncc(C(C)(C)C)cn2)c1.[Pt+2]. The summed E-state index contributed by atoms with van der Waals surface area (Å²) in [5.74, 6) is 1.80. The largest absolute Gasteiger partial charge is 2.00 e. The van der Waals surface area contributed by atoms with Crippen molar-refractivity contribution in [1.82, 2.24) is 19.5 Å². The molecule has 0 aliphatic heterocycles. The monoisotopic (exact) mass is 733 g/mol. The molecule has 3 aromatic carbocycles. The molecule has 6 rings (SSSR count). The molecule has 3 aromatic heterocycles. The normalized spacial score (nSPS) is 12.0. The standard InChI is InChI=1S/C36H34N4O.Pt/c1-23-16-25(18-28(17-23)41-33-20-26(14-15-37-33)35(2,3)4)24-12-13-30-29-10-8-9-11-31(29)40(32(30)19-24)34-38-21-27(22-39-34)36(5,6)7;/h8-17,20-22H,1-7H3;/q-2;+2. The Kier molecular flexibility index (Phi) is 7.85. The van der Waals surface area contributed by atoms with Crippen LogP contribution in [0.3, 0.4) is 0 Å². The Morgan fingerprint density at radius 3 is 2.14 bits per heavy atom. The number of rotatable bonds is 4. The van der Waals surface area contributed by atoms with Crippen molar-refractivity contribution in [3.63, 3.8) is 0 Å². The minimum absolute atomic E-state index is 0. The van der Waals surface area contributed by atoms with Gasteiger partial charge in [0.15, 0.2) is 0 Å². The molecule has 0 atom stereocenters. The Morgan fingerprint density at radius 2 is 1.43 bits per heavy atom. The minimum Gasteiger partial charge on any atom is -0.460 e. The van der Waals surface area contributed by atoms with E-state index in [2.05, 4.69) is 107 Å². The van der Waals surface area contributed by atoms with Gasteiger partial charge in [0.25, 0.3) is 0 Å². The van der Waals surface area contributed by atoms with Crippen molar-refractivity contribution in [3.05, 3.63) is 108 Å². The van der Waals surface area contributed by atoms with Gasteiger partial charge >= 0.3 is 21.1 Å².